The van der Waals surface area contributed by atoms with Crippen molar-refractivity contribution >= 4 is 5.82 Å². The second-order valence-electron chi connectivity index (χ2n) is 3.84. The van der Waals surface area contributed by atoms with E-state index < -0.39 is 0 Å². The molecule has 17 heavy (non-hydrogen) atoms. The second-order valence-corrected chi connectivity index (χ2v) is 3.84. The summed E-state index contributed by atoms with van der Waals surface area (Å²) in [5.41, 5.74) is 1.68. The van der Waals surface area contributed by atoms with Gasteiger partial charge in [-0.05, 0) is 24.6 Å². The van der Waals surface area contributed by atoms with Crippen molar-refractivity contribution in [3.63, 3.8) is 0 Å². The monoisotopic (exact) mass is 240 g/mol. The van der Waals surface area contributed by atoms with E-state index in [-0.39, 0.29) is 13.2 Å². The molecule has 1 heterocycles. The summed E-state index contributed by atoms with van der Waals surface area (Å²) >= 11 is 0. The first-order valence-corrected chi connectivity index (χ1v) is 5.64. The first-order valence-electron chi connectivity index (χ1n) is 5.64. The molecule has 0 atom stereocenters. The van der Waals surface area contributed by atoms with Gasteiger partial charge < -0.3 is 19.8 Å². The van der Waals surface area contributed by atoms with E-state index in [1.165, 1.54) is 0 Å². The van der Waals surface area contributed by atoms with Gasteiger partial charge in [-0.3, -0.25) is 0 Å². The maximum Gasteiger partial charge on any atom is 0.129 e. The van der Waals surface area contributed by atoms with Gasteiger partial charge in [0.05, 0.1) is 19.8 Å². The van der Waals surface area contributed by atoms with Crippen molar-refractivity contribution in [3.8, 4) is 0 Å². The van der Waals surface area contributed by atoms with Gasteiger partial charge >= 0.3 is 0 Å². The zero-order valence-corrected chi connectivity index (χ0v) is 10.4. The largest absolute Gasteiger partial charge is 0.395 e. The number of aliphatic hydroxyl groups excluding tert-OH is 2. The van der Waals surface area contributed by atoms with Crippen LogP contribution in [0.15, 0.2) is 12.1 Å². The van der Waals surface area contributed by atoms with Crippen molar-refractivity contribution in [3.05, 3.63) is 23.4 Å². The molecule has 0 aliphatic carbocycles. The number of methoxy groups -OCH3 is 1. The Labute approximate surface area is 102 Å². The number of rotatable bonds is 7. The van der Waals surface area contributed by atoms with Crippen LogP contribution in [0.1, 0.15) is 11.3 Å². The van der Waals surface area contributed by atoms with Crippen molar-refractivity contribution in [1.82, 2.24) is 4.98 Å². The smallest absolute Gasteiger partial charge is 0.129 e. The summed E-state index contributed by atoms with van der Waals surface area (Å²) < 4.78 is 5.03. The van der Waals surface area contributed by atoms with Gasteiger partial charge in [0, 0.05) is 25.9 Å². The summed E-state index contributed by atoms with van der Waals surface area (Å²) in [6.45, 7) is 3.69. The van der Waals surface area contributed by atoms with Crippen molar-refractivity contribution in [2.24, 2.45) is 0 Å². The molecular formula is C12H20N2O3. The number of aliphatic hydroxyl groups is 2. The van der Waals surface area contributed by atoms with Crippen molar-refractivity contribution in [1.29, 1.82) is 0 Å². The highest BCUT2D eigenvalue weighted by molar-refractivity contribution is 5.42. The average molecular weight is 240 g/mol. The van der Waals surface area contributed by atoms with Crippen LogP contribution in [0.25, 0.3) is 0 Å². The van der Waals surface area contributed by atoms with E-state index in [0.29, 0.717) is 19.7 Å². The van der Waals surface area contributed by atoms with Crippen LogP contribution in [0.3, 0.4) is 0 Å². The highest BCUT2D eigenvalue weighted by atomic mass is 16.5. The van der Waals surface area contributed by atoms with E-state index in [9.17, 15) is 0 Å². The quantitative estimate of drug-likeness (QED) is 0.719. The number of pyridine rings is 1. The van der Waals surface area contributed by atoms with Gasteiger partial charge in [0.25, 0.3) is 0 Å². The highest BCUT2D eigenvalue weighted by Gasteiger charge is 2.08. The number of hydrogen-bond donors (Lipinski definition) is 2. The molecule has 96 valence electrons. The highest BCUT2D eigenvalue weighted by Crippen LogP contribution is 2.14. The number of ether oxygens (including phenoxy) is 1. The molecular weight excluding hydrogens is 220 g/mol. The molecule has 5 heteroatoms. The molecule has 1 rings (SSSR count). The zero-order chi connectivity index (χ0) is 12.7. The number of aryl methyl sites for hydroxylation is 1. The molecule has 0 saturated carbocycles. The topological polar surface area (TPSA) is 65.8 Å². The Balaban J connectivity index is 2.87. The third kappa shape index (κ3) is 4.30. The fraction of sp³-hybridized carbons (Fsp3) is 0.583. The zero-order valence-electron chi connectivity index (χ0n) is 10.4. The van der Waals surface area contributed by atoms with Gasteiger partial charge in [0.1, 0.15) is 5.82 Å². The summed E-state index contributed by atoms with van der Waals surface area (Å²) in [6.07, 6.45) is 0. The molecule has 0 bridgehead atoms. The Morgan fingerprint density at radius 3 is 2.65 bits per heavy atom. The molecule has 0 saturated heterocycles. The number of nitrogens with zero attached hydrogens (tertiary/aromatic N) is 2. The lowest BCUT2D eigenvalue weighted by Gasteiger charge is -2.23. The summed E-state index contributed by atoms with van der Waals surface area (Å²) in [5.74, 6) is 0.764. The van der Waals surface area contributed by atoms with Crippen LogP contribution in [0, 0.1) is 6.92 Å². The predicted molar refractivity (Wildman–Crippen MR) is 66.1 cm³/mol. The molecule has 0 aliphatic rings. The number of aromatic nitrogens is 1. The van der Waals surface area contributed by atoms with Crippen LogP contribution in [0.5, 0.6) is 0 Å². The molecule has 0 amide bonds. The lowest BCUT2D eigenvalue weighted by molar-refractivity contribution is 0.202. The third-order valence-corrected chi connectivity index (χ3v) is 2.44. The molecule has 1 aromatic heterocycles. The Hall–Kier alpha value is -1.17. The first-order chi connectivity index (χ1) is 8.21. The van der Waals surface area contributed by atoms with Gasteiger partial charge in [-0.15, -0.1) is 0 Å². The van der Waals surface area contributed by atoms with Crippen molar-refractivity contribution < 1.29 is 14.9 Å². The fourth-order valence-electron chi connectivity index (χ4n) is 1.64. The Kier molecular flexibility index (Phi) is 5.90. The number of anilines is 1. The molecule has 0 fully saturated rings. The lowest BCUT2D eigenvalue weighted by Crippen LogP contribution is -2.31. The van der Waals surface area contributed by atoms with Crippen molar-refractivity contribution in [2.75, 3.05) is 38.3 Å². The van der Waals surface area contributed by atoms with Crippen LogP contribution in [0.4, 0.5) is 5.82 Å². The molecule has 0 radical (unpaired) electrons. The van der Waals surface area contributed by atoms with Gasteiger partial charge in [-0.2, -0.15) is 0 Å². The van der Waals surface area contributed by atoms with E-state index in [1.54, 1.807) is 7.11 Å². The fourth-order valence-corrected chi connectivity index (χ4v) is 1.64. The normalized spacial score (nSPS) is 10.6. The molecule has 0 spiro atoms. The van der Waals surface area contributed by atoms with E-state index in [1.807, 2.05) is 24.0 Å². The SMILES string of the molecule is COCCN(CCO)c1cc(CO)cc(C)n1. The van der Waals surface area contributed by atoms with E-state index >= 15 is 0 Å². The molecule has 0 aliphatic heterocycles. The van der Waals surface area contributed by atoms with Gasteiger partial charge in [-0.25, -0.2) is 4.98 Å². The second kappa shape index (κ2) is 7.21. The summed E-state index contributed by atoms with van der Waals surface area (Å²) in [4.78, 5) is 6.34. The van der Waals surface area contributed by atoms with Gasteiger partial charge in [0.15, 0.2) is 0 Å². The summed E-state index contributed by atoms with van der Waals surface area (Å²) in [5, 5.41) is 18.2. The van der Waals surface area contributed by atoms with Crippen LogP contribution in [-0.2, 0) is 11.3 Å². The Morgan fingerprint density at radius 1 is 1.29 bits per heavy atom. The maximum absolute atomic E-state index is 9.15. The minimum atomic E-state index is -0.00635. The summed E-state index contributed by atoms with van der Waals surface area (Å²) in [7, 11) is 1.64. The molecule has 0 unspecified atom stereocenters. The van der Waals surface area contributed by atoms with Crippen LogP contribution in [0.2, 0.25) is 0 Å². The van der Waals surface area contributed by atoms with Crippen LogP contribution < -0.4 is 4.90 Å². The summed E-state index contributed by atoms with van der Waals surface area (Å²) in [6, 6.07) is 3.68. The molecule has 2 N–H and O–H groups in total. The Bertz CT molecular complexity index is 345. The average Bonchev–Trinajstić information content (AvgIpc) is 2.33. The molecule has 1 aromatic rings. The Morgan fingerprint density at radius 2 is 2.06 bits per heavy atom. The van der Waals surface area contributed by atoms with Crippen LogP contribution >= 0.6 is 0 Å². The molecule has 5 nitrogen and oxygen atoms in total. The van der Waals surface area contributed by atoms with E-state index in [2.05, 4.69) is 4.98 Å². The third-order valence-electron chi connectivity index (χ3n) is 2.44. The lowest BCUT2D eigenvalue weighted by atomic mass is 10.2. The maximum atomic E-state index is 9.15. The predicted octanol–water partition coefficient (Wildman–Crippen LogP) is 0.327. The van der Waals surface area contributed by atoms with Gasteiger partial charge in [-0.1, -0.05) is 0 Å². The molecule has 0 aromatic carbocycles. The number of hydrogen-bond acceptors (Lipinski definition) is 5. The minimum Gasteiger partial charge on any atom is -0.395 e. The minimum absolute atomic E-state index is 0.00635. The standard InChI is InChI=1S/C12H20N2O3/c1-10-7-11(9-16)8-12(13-10)14(3-5-15)4-6-17-2/h7-8,15-16H,3-6,9H2,1-2H3. The van der Waals surface area contributed by atoms with E-state index in [0.717, 1.165) is 17.1 Å². The van der Waals surface area contributed by atoms with Gasteiger partial charge in [0.2, 0.25) is 0 Å². The van der Waals surface area contributed by atoms with Crippen molar-refractivity contribution in [2.45, 2.75) is 13.5 Å². The van der Waals surface area contributed by atoms with E-state index in [4.69, 9.17) is 14.9 Å². The van der Waals surface area contributed by atoms with Crippen LogP contribution in [-0.4, -0.2) is 48.6 Å². The first kappa shape index (κ1) is 13.9.